The molecular weight excluding hydrogens is 134 g/mol. The highest BCUT2D eigenvalue weighted by atomic mass is 35.5. The Morgan fingerprint density at radius 1 is 1.67 bits per heavy atom. The highest BCUT2D eigenvalue weighted by Gasteiger charge is 1.80. The molecule has 0 spiro atoms. The van der Waals surface area contributed by atoms with Crippen molar-refractivity contribution in [3.8, 4) is 0 Å². The van der Waals surface area contributed by atoms with Gasteiger partial charge in [-0.05, 0) is 18.6 Å². The van der Waals surface area contributed by atoms with Crippen LogP contribution in [0.4, 0.5) is 0 Å². The lowest BCUT2D eigenvalue weighted by atomic mass is 10.3. The van der Waals surface area contributed by atoms with E-state index in [0.717, 1.165) is 5.57 Å². The van der Waals surface area contributed by atoms with Crippen LogP contribution in [0.3, 0.4) is 0 Å². The maximum Gasteiger partial charge on any atom is 0.0994 e. The molecule has 0 aromatic heterocycles. The maximum atomic E-state index is 5.37. The van der Waals surface area contributed by atoms with Crippen LogP contribution >= 0.6 is 11.6 Å². The summed E-state index contributed by atoms with van der Waals surface area (Å²) in [5.41, 5.74) is 6.17. The molecule has 9 heavy (non-hydrogen) atoms. The summed E-state index contributed by atoms with van der Waals surface area (Å²) in [6, 6.07) is 0. The van der Waals surface area contributed by atoms with Gasteiger partial charge in [-0.25, -0.2) is 0 Å². The summed E-state index contributed by atoms with van der Waals surface area (Å²) in [5.74, 6) is 0. The van der Waals surface area contributed by atoms with Gasteiger partial charge in [0.25, 0.3) is 0 Å². The minimum Gasteiger partial charge on any atom is -0.389 e. The number of rotatable bonds is 2. The summed E-state index contributed by atoms with van der Waals surface area (Å²) in [6.07, 6.45) is 5.18. The van der Waals surface area contributed by atoms with Gasteiger partial charge in [-0.15, -0.1) is 0 Å². The molecule has 0 aliphatic heterocycles. The summed E-state index contributed by atoms with van der Waals surface area (Å²) in [5, 5.41) is 0.297. The first-order valence-corrected chi connectivity index (χ1v) is 2.96. The second-order valence-electron chi connectivity index (χ2n) is 1.68. The Morgan fingerprint density at radius 2 is 2.22 bits per heavy atom. The smallest absolute Gasteiger partial charge is 0.0994 e. The van der Waals surface area contributed by atoms with E-state index in [0.29, 0.717) is 5.16 Å². The molecule has 0 aliphatic rings. The first-order chi connectivity index (χ1) is 4.16. The van der Waals surface area contributed by atoms with Crippen molar-refractivity contribution in [2.24, 2.45) is 5.73 Å². The Bertz CT molecular complexity index is 152. The second-order valence-corrected chi connectivity index (χ2v) is 2.11. The quantitative estimate of drug-likeness (QED) is 0.465. The van der Waals surface area contributed by atoms with E-state index in [1.165, 1.54) is 0 Å². The zero-order chi connectivity index (χ0) is 7.28. The lowest BCUT2D eigenvalue weighted by molar-refractivity contribution is 1.45. The fourth-order valence-electron chi connectivity index (χ4n) is 0.452. The molecule has 0 unspecified atom stereocenters. The van der Waals surface area contributed by atoms with E-state index < -0.39 is 0 Å². The van der Waals surface area contributed by atoms with Gasteiger partial charge < -0.3 is 5.73 Å². The van der Waals surface area contributed by atoms with E-state index in [1.54, 1.807) is 12.2 Å². The molecule has 1 nitrogen and oxygen atoms in total. The van der Waals surface area contributed by atoms with Crippen molar-refractivity contribution in [3.63, 3.8) is 0 Å². The van der Waals surface area contributed by atoms with Gasteiger partial charge in [-0.1, -0.05) is 30.3 Å². The molecule has 0 saturated carbocycles. The van der Waals surface area contributed by atoms with Crippen LogP contribution in [0.5, 0.6) is 0 Å². The average molecular weight is 144 g/mol. The molecule has 0 heterocycles. The minimum atomic E-state index is 0.297. The van der Waals surface area contributed by atoms with Crippen molar-refractivity contribution < 1.29 is 0 Å². The number of hydrogen-bond donors (Lipinski definition) is 1. The van der Waals surface area contributed by atoms with E-state index in [-0.39, 0.29) is 0 Å². The van der Waals surface area contributed by atoms with E-state index in [1.807, 2.05) is 13.0 Å². The van der Waals surface area contributed by atoms with Crippen LogP contribution in [-0.4, -0.2) is 0 Å². The zero-order valence-electron chi connectivity index (χ0n) is 5.39. The van der Waals surface area contributed by atoms with Crippen LogP contribution < -0.4 is 5.73 Å². The number of halogens is 1. The Labute approximate surface area is 60.5 Å². The van der Waals surface area contributed by atoms with Crippen LogP contribution in [0, 0.1) is 0 Å². The average Bonchev–Trinajstić information content (AvgIpc) is 1.63. The monoisotopic (exact) mass is 143 g/mol. The largest absolute Gasteiger partial charge is 0.389 e. The van der Waals surface area contributed by atoms with Crippen LogP contribution in [-0.2, 0) is 0 Å². The van der Waals surface area contributed by atoms with Crippen molar-refractivity contribution in [1.82, 2.24) is 0 Å². The molecule has 0 fully saturated rings. The highest BCUT2D eigenvalue weighted by Crippen LogP contribution is 1.99. The van der Waals surface area contributed by atoms with Crippen LogP contribution in [0.25, 0.3) is 0 Å². The van der Waals surface area contributed by atoms with Crippen molar-refractivity contribution in [1.29, 1.82) is 0 Å². The molecule has 0 radical (unpaired) electrons. The molecule has 2 heteroatoms. The Kier molecular flexibility index (Phi) is 3.89. The van der Waals surface area contributed by atoms with Gasteiger partial charge in [0.2, 0.25) is 0 Å². The SMILES string of the molecule is C=C/C=C(C)\C=C(/N)Cl. The molecule has 0 saturated heterocycles. The number of allylic oxidation sites excluding steroid dienone is 4. The van der Waals surface area contributed by atoms with Gasteiger partial charge in [0.1, 0.15) is 0 Å². The number of hydrogen-bond acceptors (Lipinski definition) is 1. The molecule has 0 bridgehead atoms. The van der Waals surface area contributed by atoms with E-state index in [2.05, 4.69) is 6.58 Å². The molecule has 0 rings (SSSR count). The van der Waals surface area contributed by atoms with Gasteiger partial charge in [0.15, 0.2) is 0 Å². The molecule has 0 aromatic carbocycles. The first-order valence-electron chi connectivity index (χ1n) is 2.59. The van der Waals surface area contributed by atoms with Gasteiger partial charge in [-0.3, -0.25) is 0 Å². The second kappa shape index (κ2) is 4.21. The minimum absolute atomic E-state index is 0.297. The summed E-state index contributed by atoms with van der Waals surface area (Å²) in [6.45, 7) is 5.42. The predicted molar refractivity (Wildman–Crippen MR) is 42.1 cm³/mol. The third-order valence-corrected chi connectivity index (χ3v) is 0.855. The summed E-state index contributed by atoms with van der Waals surface area (Å²) in [4.78, 5) is 0. The molecule has 50 valence electrons. The van der Waals surface area contributed by atoms with Gasteiger partial charge in [0.05, 0.1) is 5.16 Å². The van der Waals surface area contributed by atoms with Crippen LogP contribution in [0.1, 0.15) is 6.92 Å². The van der Waals surface area contributed by atoms with Crippen molar-refractivity contribution in [2.45, 2.75) is 6.92 Å². The summed E-state index contributed by atoms with van der Waals surface area (Å²) < 4.78 is 0. The number of nitrogens with two attached hydrogens (primary N) is 1. The zero-order valence-corrected chi connectivity index (χ0v) is 6.15. The van der Waals surface area contributed by atoms with Gasteiger partial charge >= 0.3 is 0 Å². The lowest BCUT2D eigenvalue weighted by Gasteiger charge is -1.87. The van der Waals surface area contributed by atoms with E-state index in [4.69, 9.17) is 17.3 Å². The summed E-state index contributed by atoms with van der Waals surface area (Å²) in [7, 11) is 0. The highest BCUT2D eigenvalue weighted by molar-refractivity contribution is 6.29. The molecule has 0 atom stereocenters. The Hall–Kier alpha value is -0.690. The predicted octanol–water partition coefficient (Wildman–Crippen LogP) is 2.16. The van der Waals surface area contributed by atoms with Gasteiger partial charge in [0, 0.05) is 0 Å². The maximum absolute atomic E-state index is 5.37. The molecule has 0 amide bonds. The van der Waals surface area contributed by atoms with Crippen molar-refractivity contribution in [3.05, 3.63) is 35.5 Å². The first kappa shape index (κ1) is 8.31. The Balaban J connectivity index is 4.05. The third-order valence-electron chi connectivity index (χ3n) is 0.746. The molecule has 0 aliphatic carbocycles. The molecular formula is C7H10ClN. The van der Waals surface area contributed by atoms with Crippen LogP contribution in [0.2, 0.25) is 0 Å². The standard InChI is InChI=1S/C7H10ClN/c1-3-4-6(2)5-7(8)9/h3-5H,1,9H2,2H3/b6-4-,7-5-. The molecule has 2 N–H and O–H groups in total. The van der Waals surface area contributed by atoms with E-state index >= 15 is 0 Å². The molecule has 0 aromatic rings. The van der Waals surface area contributed by atoms with Crippen molar-refractivity contribution >= 4 is 11.6 Å². The summed E-state index contributed by atoms with van der Waals surface area (Å²) >= 11 is 5.37. The topological polar surface area (TPSA) is 26.0 Å². The fourth-order valence-corrected chi connectivity index (χ4v) is 0.624. The fraction of sp³-hybridized carbons (Fsp3) is 0.143. The van der Waals surface area contributed by atoms with Crippen LogP contribution in [0.15, 0.2) is 35.5 Å². The lowest BCUT2D eigenvalue weighted by Crippen LogP contribution is -1.86. The van der Waals surface area contributed by atoms with Crippen molar-refractivity contribution in [2.75, 3.05) is 0 Å². The van der Waals surface area contributed by atoms with Gasteiger partial charge in [-0.2, -0.15) is 0 Å². The van der Waals surface area contributed by atoms with E-state index in [9.17, 15) is 0 Å². The normalized spacial score (nSPS) is 13.6. The Morgan fingerprint density at radius 3 is 2.56 bits per heavy atom. The third kappa shape index (κ3) is 5.18.